The van der Waals surface area contributed by atoms with Crippen LogP contribution in [0.3, 0.4) is 0 Å². The van der Waals surface area contributed by atoms with Crippen molar-refractivity contribution < 1.29 is 29.0 Å². The van der Waals surface area contributed by atoms with E-state index < -0.39 is 28.1 Å². The van der Waals surface area contributed by atoms with E-state index in [1.807, 2.05) is 13.8 Å². The van der Waals surface area contributed by atoms with Crippen LogP contribution in [-0.4, -0.2) is 35.7 Å². The summed E-state index contributed by atoms with van der Waals surface area (Å²) in [5, 5.41) is 9.89. The van der Waals surface area contributed by atoms with Crippen molar-refractivity contribution in [1.29, 1.82) is 0 Å². The Morgan fingerprint density at radius 2 is 1.63 bits per heavy atom. The Labute approximate surface area is 227 Å². The molecule has 7 atom stereocenters. The molecule has 0 aromatic rings. The number of ether oxygens (including phenoxy) is 1. The van der Waals surface area contributed by atoms with Gasteiger partial charge in [0.25, 0.3) is 0 Å². The van der Waals surface area contributed by atoms with Gasteiger partial charge in [-0.1, -0.05) is 53.2 Å². The molecule has 3 fully saturated rings. The number of rotatable bonds is 4. The molecule has 0 amide bonds. The smallest absolute Gasteiger partial charge is 0.339 e. The third kappa shape index (κ3) is 4.12. The molecule has 0 bridgehead atoms. The molecule has 1 unspecified atom stereocenters. The van der Waals surface area contributed by atoms with Crippen LogP contribution in [-0.2, 0) is 23.9 Å². The molecule has 6 nitrogen and oxygen atoms in total. The van der Waals surface area contributed by atoms with E-state index >= 15 is 0 Å². The van der Waals surface area contributed by atoms with E-state index in [0.717, 1.165) is 56.9 Å². The summed E-state index contributed by atoms with van der Waals surface area (Å²) in [6.07, 6.45) is 10.2. The van der Waals surface area contributed by atoms with E-state index in [0.29, 0.717) is 0 Å². The third-order valence-corrected chi connectivity index (χ3v) is 11.8. The van der Waals surface area contributed by atoms with Crippen molar-refractivity contribution >= 4 is 23.5 Å². The normalized spacial score (nSPS) is 43.5. The second-order valence-electron chi connectivity index (χ2n) is 14.4. The lowest BCUT2D eigenvalue weighted by Gasteiger charge is -2.64. The highest BCUT2D eigenvalue weighted by molar-refractivity contribution is 6.18. The quantitative estimate of drug-likeness (QED) is 0.261. The molecule has 4 aliphatic carbocycles. The lowest BCUT2D eigenvalue weighted by molar-refractivity contribution is -0.173. The Kier molecular flexibility index (Phi) is 6.93. The summed E-state index contributed by atoms with van der Waals surface area (Å²) in [6.45, 7) is 14.6. The minimum atomic E-state index is -1.20. The summed E-state index contributed by atoms with van der Waals surface area (Å²) in [4.78, 5) is 51.1. The number of Topliss-reactive ketones (excluding diaryl/α,β-unsaturated/α-hetero) is 1. The minimum Gasteiger partial charge on any atom is -0.478 e. The average molecular weight is 527 g/mol. The standard InChI is InChI=1S/C32H46O6/c1-19(33)15-24-30(6)18-22(26(35)36)25(34)20(2)23(30)9-10-31(24,7)29(5)12-14-32(27(37)38-8)13-11-28(3,4)16-21(32)17-29/h15,18,20-21,23H,9-14,16-17H2,1-8H3,(H,35,36)/b24-15-/t20-,21?,23-,29+,30-,31+,32-/m0/s1. The van der Waals surface area contributed by atoms with Gasteiger partial charge in [0.2, 0.25) is 0 Å². The lowest BCUT2D eigenvalue weighted by Crippen LogP contribution is -2.58. The highest BCUT2D eigenvalue weighted by atomic mass is 16.5. The topological polar surface area (TPSA) is 97.7 Å². The SMILES string of the molecule is COC(=O)[C@]12CCC(C)(C)CC1C[C@](C)([C@]1(C)CC[C@H]3[C@H](C)C(=O)C(C(=O)O)=C[C@]3(C)/C1=C/C(C)=O)CC2. The van der Waals surface area contributed by atoms with E-state index in [4.69, 9.17) is 4.74 Å². The molecule has 1 N–H and O–H groups in total. The van der Waals surface area contributed by atoms with Gasteiger partial charge in [0.1, 0.15) is 0 Å². The Hall–Kier alpha value is -2.24. The van der Waals surface area contributed by atoms with Gasteiger partial charge in [-0.05, 0) is 92.4 Å². The molecule has 0 radical (unpaired) electrons. The maximum atomic E-state index is 13.2. The molecular weight excluding hydrogens is 480 g/mol. The predicted molar refractivity (Wildman–Crippen MR) is 145 cm³/mol. The van der Waals surface area contributed by atoms with Crippen LogP contribution in [0.5, 0.6) is 0 Å². The number of esters is 1. The van der Waals surface area contributed by atoms with Crippen molar-refractivity contribution in [1.82, 2.24) is 0 Å². The van der Waals surface area contributed by atoms with Gasteiger partial charge < -0.3 is 9.84 Å². The van der Waals surface area contributed by atoms with Crippen LogP contribution in [0, 0.1) is 44.8 Å². The van der Waals surface area contributed by atoms with E-state index in [-0.39, 0.29) is 45.8 Å². The van der Waals surface area contributed by atoms with Crippen LogP contribution in [0.15, 0.2) is 23.3 Å². The van der Waals surface area contributed by atoms with Gasteiger partial charge in [-0.2, -0.15) is 0 Å². The molecule has 0 heterocycles. The second kappa shape index (κ2) is 9.16. The first-order valence-electron chi connectivity index (χ1n) is 14.3. The van der Waals surface area contributed by atoms with Crippen LogP contribution in [0.25, 0.3) is 0 Å². The molecule has 4 aliphatic rings. The van der Waals surface area contributed by atoms with E-state index in [1.54, 1.807) is 19.1 Å². The predicted octanol–water partition coefficient (Wildman–Crippen LogP) is 6.33. The Balaban J connectivity index is 1.84. The number of carbonyl (C=O) groups is 4. The molecule has 3 saturated carbocycles. The summed E-state index contributed by atoms with van der Waals surface area (Å²) >= 11 is 0. The third-order valence-electron chi connectivity index (χ3n) is 11.8. The van der Waals surface area contributed by atoms with Gasteiger partial charge in [-0.3, -0.25) is 14.4 Å². The number of aliphatic carboxylic acids is 1. The van der Waals surface area contributed by atoms with Crippen LogP contribution < -0.4 is 0 Å². The minimum absolute atomic E-state index is 0.0632. The fraction of sp³-hybridized carbons (Fsp3) is 0.750. The van der Waals surface area contributed by atoms with Crippen molar-refractivity contribution in [3.63, 3.8) is 0 Å². The number of carboxylic acid groups (broad SMARTS) is 1. The van der Waals surface area contributed by atoms with Crippen LogP contribution in [0.4, 0.5) is 0 Å². The molecule has 4 rings (SSSR count). The van der Waals surface area contributed by atoms with E-state index in [1.165, 1.54) is 7.11 Å². The molecular formula is C32H46O6. The van der Waals surface area contributed by atoms with Crippen LogP contribution >= 0.6 is 0 Å². The maximum absolute atomic E-state index is 13.2. The molecule has 6 heteroatoms. The van der Waals surface area contributed by atoms with Gasteiger partial charge >= 0.3 is 11.9 Å². The summed E-state index contributed by atoms with van der Waals surface area (Å²) in [6, 6.07) is 0. The largest absolute Gasteiger partial charge is 0.478 e. The molecule has 0 aromatic heterocycles. The number of fused-ring (bicyclic) bond motifs is 2. The average Bonchev–Trinajstić information content (AvgIpc) is 2.82. The fourth-order valence-electron chi connectivity index (χ4n) is 9.28. The molecule has 0 aliphatic heterocycles. The van der Waals surface area contributed by atoms with E-state index in [9.17, 15) is 24.3 Å². The fourth-order valence-corrected chi connectivity index (χ4v) is 9.28. The summed E-state index contributed by atoms with van der Waals surface area (Å²) < 4.78 is 5.38. The number of carboxylic acids is 1. The lowest BCUT2D eigenvalue weighted by atomic mass is 9.40. The molecule has 0 spiro atoms. The number of methoxy groups -OCH3 is 1. The van der Waals surface area contributed by atoms with Crippen LogP contribution in [0.2, 0.25) is 0 Å². The Bertz CT molecular complexity index is 1130. The van der Waals surface area contributed by atoms with Crippen molar-refractivity contribution in [2.24, 2.45) is 44.8 Å². The first kappa shape index (κ1) is 28.8. The molecule has 210 valence electrons. The number of hydrogen-bond donors (Lipinski definition) is 1. The molecule has 38 heavy (non-hydrogen) atoms. The van der Waals surface area contributed by atoms with E-state index in [2.05, 4.69) is 27.7 Å². The molecule has 0 aromatic carbocycles. The van der Waals surface area contributed by atoms with Gasteiger partial charge in [0.05, 0.1) is 18.1 Å². The number of allylic oxidation sites excluding steroid dienone is 3. The first-order valence-corrected chi connectivity index (χ1v) is 14.3. The Morgan fingerprint density at radius 1 is 1.00 bits per heavy atom. The number of ketones is 2. The zero-order chi connectivity index (χ0) is 28.5. The zero-order valence-corrected chi connectivity index (χ0v) is 24.5. The highest BCUT2D eigenvalue weighted by Gasteiger charge is 2.64. The summed E-state index contributed by atoms with van der Waals surface area (Å²) in [5.41, 5.74) is -0.855. The van der Waals surface area contributed by atoms with Crippen LogP contribution in [0.1, 0.15) is 99.8 Å². The summed E-state index contributed by atoms with van der Waals surface area (Å²) in [5.74, 6) is -1.99. The summed E-state index contributed by atoms with van der Waals surface area (Å²) in [7, 11) is 1.50. The maximum Gasteiger partial charge on any atom is 0.339 e. The van der Waals surface area contributed by atoms with Crippen molar-refractivity contribution in [3.8, 4) is 0 Å². The van der Waals surface area contributed by atoms with Crippen molar-refractivity contribution in [2.75, 3.05) is 7.11 Å². The Morgan fingerprint density at radius 3 is 2.21 bits per heavy atom. The van der Waals surface area contributed by atoms with Crippen molar-refractivity contribution in [2.45, 2.75) is 99.8 Å². The zero-order valence-electron chi connectivity index (χ0n) is 24.5. The first-order chi connectivity index (χ1) is 17.5. The molecule has 0 saturated heterocycles. The van der Waals surface area contributed by atoms with Gasteiger partial charge in [0.15, 0.2) is 11.6 Å². The van der Waals surface area contributed by atoms with Crippen molar-refractivity contribution in [3.05, 3.63) is 23.3 Å². The monoisotopic (exact) mass is 526 g/mol. The highest BCUT2D eigenvalue weighted by Crippen LogP contribution is 2.70. The number of hydrogen-bond acceptors (Lipinski definition) is 5. The van der Waals surface area contributed by atoms with Gasteiger partial charge in [0, 0.05) is 11.3 Å². The van der Waals surface area contributed by atoms with Gasteiger partial charge in [-0.25, -0.2) is 4.79 Å². The number of carbonyl (C=O) groups excluding carboxylic acids is 3. The second-order valence-corrected chi connectivity index (χ2v) is 14.4. The van der Waals surface area contributed by atoms with Gasteiger partial charge in [-0.15, -0.1) is 0 Å².